The molecule has 294 valence electrons. The lowest BCUT2D eigenvalue weighted by molar-refractivity contribution is 0.0687. The molecule has 0 atom stereocenters. The number of likely N-dealkylation sites (tertiary alicyclic amines) is 1. The van der Waals surface area contributed by atoms with Gasteiger partial charge in [-0.1, -0.05) is 26.8 Å². The summed E-state index contributed by atoms with van der Waals surface area (Å²) in [4.78, 5) is 51.4. The van der Waals surface area contributed by atoms with Crippen LogP contribution in [0.25, 0.3) is 27.9 Å². The Morgan fingerprint density at radius 2 is 1.79 bits per heavy atom. The number of imidazole rings is 1. The number of pyridine rings is 2. The monoisotopic (exact) mass is 770 g/mol. The smallest absolute Gasteiger partial charge is 0.335 e. The van der Waals surface area contributed by atoms with Crippen molar-refractivity contribution in [2.75, 3.05) is 26.2 Å². The highest BCUT2D eigenvalue weighted by Crippen LogP contribution is 2.33. The predicted molar refractivity (Wildman–Crippen MR) is 213 cm³/mol. The molecule has 7 heterocycles. The highest BCUT2D eigenvalue weighted by Gasteiger charge is 2.32. The number of carbonyl (C=O) groups is 1. The van der Waals surface area contributed by atoms with Crippen molar-refractivity contribution in [1.82, 2.24) is 43.4 Å². The molecule has 0 saturated carbocycles. The maximum atomic E-state index is 15.1. The maximum absolute atomic E-state index is 15.1. The third-order valence-electron chi connectivity index (χ3n) is 11.1. The van der Waals surface area contributed by atoms with Gasteiger partial charge in [0.05, 0.1) is 42.3 Å². The lowest BCUT2D eigenvalue weighted by Crippen LogP contribution is -2.41. The maximum Gasteiger partial charge on any atom is 0.335 e. The van der Waals surface area contributed by atoms with Gasteiger partial charge in [0.25, 0.3) is 5.91 Å². The van der Waals surface area contributed by atoms with Gasteiger partial charge in [-0.2, -0.15) is 5.26 Å². The fourth-order valence-corrected chi connectivity index (χ4v) is 8.45. The predicted octanol–water partition coefficient (Wildman–Crippen LogP) is 5.80. The molecule has 13 nitrogen and oxygen atoms in total. The van der Waals surface area contributed by atoms with Crippen LogP contribution in [0.5, 0.6) is 0 Å². The number of fused-ring (bicyclic) bond motifs is 4. The van der Waals surface area contributed by atoms with E-state index >= 15 is 4.39 Å². The van der Waals surface area contributed by atoms with Gasteiger partial charge in [-0.3, -0.25) is 13.9 Å². The summed E-state index contributed by atoms with van der Waals surface area (Å²) in [6.07, 6.45) is 5.37. The molecule has 57 heavy (non-hydrogen) atoms. The summed E-state index contributed by atoms with van der Waals surface area (Å²) >= 11 is 0. The molecule has 1 fully saturated rings. The Labute approximate surface area is 330 Å². The third-order valence-corrected chi connectivity index (χ3v) is 11.1. The van der Waals surface area contributed by atoms with Crippen molar-refractivity contribution >= 4 is 28.1 Å². The van der Waals surface area contributed by atoms with Gasteiger partial charge in [0, 0.05) is 55.1 Å². The zero-order valence-corrected chi connectivity index (χ0v) is 33.3. The Hall–Kier alpha value is -5.78. The number of amides is 1. The number of aliphatic hydroxyl groups is 1. The summed E-state index contributed by atoms with van der Waals surface area (Å²) in [6.45, 7) is 15.3. The van der Waals surface area contributed by atoms with Crippen molar-refractivity contribution in [2.24, 2.45) is 5.41 Å². The van der Waals surface area contributed by atoms with Gasteiger partial charge in [-0.15, -0.1) is 0 Å². The topological polar surface area (TPSA) is 151 Å². The fraction of sp³-hybridized carbons (Fsp3) is 0.419. The molecule has 1 N–H and O–H groups in total. The molecule has 1 saturated heterocycles. The highest BCUT2D eigenvalue weighted by atomic mass is 19.1. The molecule has 6 aromatic rings. The summed E-state index contributed by atoms with van der Waals surface area (Å²) < 4.78 is 20.4. The van der Waals surface area contributed by atoms with E-state index in [2.05, 4.69) is 40.6 Å². The van der Waals surface area contributed by atoms with Crippen LogP contribution >= 0.6 is 0 Å². The number of nitrogens with zero attached hydrogens (tertiary/aromatic N) is 10. The van der Waals surface area contributed by atoms with Crippen molar-refractivity contribution in [2.45, 2.75) is 85.5 Å². The molecule has 2 aliphatic heterocycles. The summed E-state index contributed by atoms with van der Waals surface area (Å²) in [5, 5.41) is 21.1. The Bertz CT molecular complexity index is 2630. The Morgan fingerprint density at radius 1 is 1.02 bits per heavy atom. The second-order valence-electron chi connectivity index (χ2n) is 17.1. The second kappa shape index (κ2) is 14.3. The summed E-state index contributed by atoms with van der Waals surface area (Å²) in [5.41, 5.74) is 4.13. The number of nitriles is 1. The van der Waals surface area contributed by atoms with Gasteiger partial charge < -0.3 is 19.5 Å². The number of carbonyl (C=O) groups excluding carboxylic acids is 1. The van der Waals surface area contributed by atoms with Crippen molar-refractivity contribution in [3.8, 4) is 11.8 Å². The molecule has 1 amide bonds. The van der Waals surface area contributed by atoms with E-state index in [1.165, 1.54) is 12.3 Å². The fourth-order valence-electron chi connectivity index (χ4n) is 8.45. The average Bonchev–Trinajstić information content (AvgIpc) is 3.65. The summed E-state index contributed by atoms with van der Waals surface area (Å²) in [7, 11) is 0. The molecule has 0 spiro atoms. The van der Waals surface area contributed by atoms with E-state index in [0.29, 0.717) is 46.7 Å². The van der Waals surface area contributed by atoms with Crippen LogP contribution in [0.15, 0.2) is 59.7 Å². The van der Waals surface area contributed by atoms with E-state index in [1.54, 1.807) is 58.3 Å². The Morgan fingerprint density at radius 3 is 2.46 bits per heavy atom. The molecule has 1 aromatic carbocycles. The largest absolute Gasteiger partial charge is 0.382 e. The molecular formula is C43H47FN10O3. The zero-order valence-electron chi connectivity index (χ0n) is 33.3. The van der Waals surface area contributed by atoms with Crippen LogP contribution in [0.4, 0.5) is 4.39 Å². The number of hydrogen-bond acceptors (Lipinski definition) is 9. The van der Waals surface area contributed by atoms with Gasteiger partial charge in [0.1, 0.15) is 28.3 Å². The number of aromatic nitrogens is 7. The number of piperidine rings is 1. The number of benzene rings is 1. The summed E-state index contributed by atoms with van der Waals surface area (Å²) in [6, 6.07) is 13.6. The molecule has 0 radical (unpaired) electrons. The molecule has 2 aliphatic rings. The van der Waals surface area contributed by atoms with Crippen LogP contribution in [-0.2, 0) is 25.1 Å². The van der Waals surface area contributed by atoms with Crippen LogP contribution in [0, 0.1) is 29.5 Å². The number of hydrogen-bond donors (Lipinski definition) is 1. The number of rotatable bonds is 7. The first-order chi connectivity index (χ1) is 27.1. The normalized spacial score (nSPS) is 15.7. The quantitative estimate of drug-likeness (QED) is 0.212. The van der Waals surface area contributed by atoms with Crippen LogP contribution < -0.4 is 5.69 Å². The van der Waals surface area contributed by atoms with E-state index in [0.717, 1.165) is 49.1 Å². The molecular weight excluding hydrogens is 724 g/mol. The van der Waals surface area contributed by atoms with Crippen LogP contribution in [0.2, 0.25) is 0 Å². The van der Waals surface area contributed by atoms with Gasteiger partial charge in [0.15, 0.2) is 11.5 Å². The zero-order chi connectivity index (χ0) is 40.4. The minimum atomic E-state index is -1.32. The highest BCUT2D eigenvalue weighted by molar-refractivity contribution is 5.93. The van der Waals surface area contributed by atoms with Crippen LogP contribution in [0.1, 0.15) is 97.9 Å². The Balaban J connectivity index is 1.11. The van der Waals surface area contributed by atoms with Gasteiger partial charge in [-0.25, -0.2) is 29.1 Å². The molecule has 0 aliphatic carbocycles. The van der Waals surface area contributed by atoms with E-state index in [-0.39, 0.29) is 53.2 Å². The Kier molecular flexibility index (Phi) is 9.56. The molecule has 0 unspecified atom stereocenters. The second-order valence-corrected chi connectivity index (χ2v) is 17.1. The van der Waals surface area contributed by atoms with E-state index in [1.807, 2.05) is 29.7 Å². The molecule has 5 aromatic heterocycles. The lowest BCUT2D eigenvalue weighted by atomic mass is 9.94. The molecule has 0 bridgehead atoms. The van der Waals surface area contributed by atoms with Crippen molar-refractivity contribution in [1.29, 1.82) is 5.26 Å². The third kappa shape index (κ3) is 7.10. The van der Waals surface area contributed by atoms with Crippen molar-refractivity contribution < 1.29 is 14.3 Å². The van der Waals surface area contributed by atoms with Gasteiger partial charge in [-0.05, 0) is 87.4 Å². The first kappa shape index (κ1) is 38.1. The van der Waals surface area contributed by atoms with E-state index < -0.39 is 11.4 Å². The molecule has 14 heteroatoms. The number of halogens is 1. The molecule has 8 rings (SSSR count). The van der Waals surface area contributed by atoms with E-state index in [9.17, 15) is 20.0 Å². The minimum Gasteiger partial charge on any atom is -0.382 e. The van der Waals surface area contributed by atoms with Crippen LogP contribution in [0.3, 0.4) is 0 Å². The van der Waals surface area contributed by atoms with Gasteiger partial charge in [0.2, 0.25) is 0 Å². The minimum absolute atomic E-state index is 0.0987. The van der Waals surface area contributed by atoms with Crippen molar-refractivity contribution in [3.63, 3.8) is 0 Å². The van der Waals surface area contributed by atoms with E-state index in [4.69, 9.17) is 4.98 Å². The first-order valence-corrected chi connectivity index (χ1v) is 19.5. The lowest BCUT2D eigenvalue weighted by Gasteiger charge is -2.36. The van der Waals surface area contributed by atoms with Crippen LogP contribution in [-0.4, -0.2) is 80.6 Å². The first-order valence-electron chi connectivity index (χ1n) is 19.5. The SMILES string of the molecule is Cc1nc(C(C)(C)O)nc2c1n(-c1ccc(C(=O)N3CCc4c(n(Cc5ccc(C#N)cc5F)c5ncccc45)C3)nc1)c(=O)n2C1CCN(CC(C)(C)C)CC1. The average molecular weight is 771 g/mol. The van der Waals surface area contributed by atoms with Crippen molar-refractivity contribution in [3.05, 3.63) is 111 Å². The van der Waals surface area contributed by atoms with Gasteiger partial charge >= 0.3 is 5.69 Å². The number of aryl methyl sites for hydroxylation is 1. The summed E-state index contributed by atoms with van der Waals surface area (Å²) in [5.74, 6) is -0.506. The standard InChI is InChI=1S/C43H47FN10O3/c1-26-36-38(49-40(48-26)43(5,6)57)54(29-13-17-50(18-14-29)25-42(2,3)4)41(56)53(36)30-11-12-34(47-22-30)39(55)51-19-15-31-32-8-7-16-46-37(32)52(35(31)24-51)23-28-10-9-27(21-45)20-33(28)44/h7-12,16,20,22,29,57H,13-15,17-19,23-25H2,1-6H3.